The number of rotatable bonds is 6. The molecular formula is C17H26BrN3. The molecule has 0 unspecified atom stereocenters. The standard InChI is InChI=1S/C17H26BrN3/c1-2-3-13-6-8-21(9-7-13)17-14(10-15(18)12-20-17)11-19-16-4-5-16/h10,12-13,16,19H,2-9,11H2,1H3. The number of nitrogens with zero attached hydrogens (tertiary/aromatic N) is 2. The van der Waals surface area contributed by atoms with Gasteiger partial charge in [-0.25, -0.2) is 4.98 Å². The van der Waals surface area contributed by atoms with Gasteiger partial charge in [-0.3, -0.25) is 0 Å². The quantitative estimate of drug-likeness (QED) is 0.835. The fourth-order valence-corrected chi connectivity index (χ4v) is 3.65. The molecule has 116 valence electrons. The summed E-state index contributed by atoms with van der Waals surface area (Å²) in [7, 11) is 0. The first kappa shape index (κ1) is 15.3. The van der Waals surface area contributed by atoms with Gasteiger partial charge in [-0.05, 0) is 53.6 Å². The molecule has 1 aliphatic carbocycles. The van der Waals surface area contributed by atoms with Gasteiger partial charge in [0.1, 0.15) is 5.82 Å². The highest BCUT2D eigenvalue weighted by Crippen LogP contribution is 2.29. The van der Waals surface area contributed by atoms with E-state index in [1.54, 1.807) is 0 Å². The van der Waals surface area contributed by atoms with Crippen LogP contribution in [0.15, 0.2) is 16.7 Å². The summed E-state index contributed by atoms with van der Waals surface area (Å²) >= 11 is 3.56. The molecule has 2 heterocycles. The highest BCUT2D eigenvalue weighted by molar-refractivity contribution is 9.10. The molecule has 1 saturated heterocycles. The summed E-state index contributed by atoms with van der Waals surface area (Å²) in [4.78, 5) is 7.20. The van der Waals surface area contributed by atoms with E-state index in [1.165, 1.54) is 49.9 Å². The molecule has 3 rings (SSSR count). The molecule has 0 radical (unpaired) electrons. The van der Waals surface area contributed by atoms with Gasteiger partial charge in [0.05, 0.1) is 0 Å². The number of piperidine rings is 1. The predicted octanol–water partition coefficient (Wildman–Crippen LogP) is 4.11. The van der Waals surface area contributed by atoms with Gasteiger partial charge in [0, 0.05) is 41.9 Å². The molecule has 3 nitrogen and oxygen atoms in total. The van der Waals surface area contributed by atoms with Crippen LogP contribution in [0.4, 0.5) is 5.82 Å². The minimum atomic E-state index is 0.743. The second-order valence-corrected chi connectivity index (χ2v) is 7.43. The predicted molar refractivity (Wildman–Crippen MR) is 91.6 cm³/mol. The van der Waals surface area contributed by atoms with Crippen LogP contribution in [-0.4, -0.2) is 24.1 Å². The Hall–Kier alpha value is -0.610. The third kappa shape index (κ3) is 4.19. The summed E-state index contributed by atoms with van der Waals surface area (Å²) in [6.45, 7) is 5.57. The lowest BCUT2D eigenvalue weighted by Crippen LogP contribution is -2.35. The Morgan fingerprint density at radius 1 is 1.29 bits per heavy atom. The van der Waals surface area contributed by atoms with Gasteiger partial charge in [0.2, 0.25) is 0 Å². The molecule has 1 aromatic rings. The van der Waals surface area contributed by atoms with Crippen molar-refractivity contribution in [2.24, 2.45) is 5.92 Å². The topological polar surface area (TPSA) is 28.2 Å². The molecule has 21 heavy (non-hydrogen) atoms. The van der Waals surface area contributed by atoms with Crippen LogP contribution in [0.25, 0.3) is 0 Å². The number of hydrogen-bond acceptors (Lipinski definition) is 3. The molecule has 2 aliphatic rings. The Bertz CT molecular complexity index is 465. The third-order valence-electron chi connectivity index (χ3n) is 4.68. The van der Waals surface area contributed by atoms with E-state index in [2.05, 4.69) is 39.1 Å². The van der Waals surface area contributed by atoms with E-state index >= 15 is 0 Å². The van der Waals surface area contributed by atoms with Crippen LogP contribution in [0.3, 0.4) is 0 Å². The Labute approximate surface area is 136 Å². The number of pyridine rings is 1. The zero-order valence-corrected chi connectivity index (χ0v) is 14.5. The van der Waals surface area contributed by atoms with Gasteiger partial charge in [0.25, 0.3) is 0 Å². The van der Waals surface area contributed by atoms with Crippen molar-refractivity contribution < 1.29 is 0 Å². The summed E-state index contributed by atoms with van der Waals surface area (Å²) < 4.78 is 1.08. The molecule has 1 saturated carbocycles. The monoisotopic (exact) mass is 351 g/mol. The average molecular weight is 352 g/mol. The van der Waals surface area contributed by atoms with Crippen molar-refractivity contribution >= 4 is 21.7 Å². The number of hydrogen-bond donors (Lipinski definition) is 1. The Morgan fingerprint density at radius 2 is 2.05 bits per heavy atom. The lowest BCUT2D eigenvalue weighted by molar-refractivity contribution is 0.377. The normalized spacial score (nSPS) is 20.0. The van der Waals surface area contributed by atoms with Crippen molar-refractivity contribution in [3.63, 3.8) is 0 Å². The van der Waals surface area contributed by atoms with E-state index in [0.29, 0.717) is 0 Å². The molecule has 4 heteroatoms. The Morgan fingerprint density at radius 3 is 2.71 bits per heavy atom. The molecular weight excluding hydrogens is 326 g/mol. The molecule has 2 fully saturated rings. The summed E-state index contributed by atoms with van der Waals surface area (Å²) in [5.41, 5.74) is 1.34. The average Bonchev–Trinajstić information content (AvgIpc) is 3.31. The van der Waals surface area contributed by atoms with Crippen molar-refractivity contribution in [3.05, 3.63) is 22.3 Å². The van der Waals surface area contributed by atoms with Crippen LogP contribution in [0.1, 0.15) is 51.0 Å². The van der Waals surface area contributed by atoms with Crippen LogP contribution in [-0.2, 0) is 6.54 Å². The van der Waals surface area contributed by atoms with Gasteiger partial charge < -0.3 is 10.2 Å². The van der Waals surface area contributed by atoms with Gasteiger partial charge in [0.15, 0.2) is 0 Å². The highest BCUT2D eigenvalue weighted by Gasteiger charge is 2.24. The minimum Gasteiger partial charge on any atom is -0.356 e. The maximum absolute atomic E-state index is 4.71. The molecule has 1 aliphatic heterocycles. The van der Waals surface area contributed by atoms with Gasteiger partial charge >= 0.3 is 0 Å². The summed E-state index contributed by atoms with van der Waals surface area (Å²) in [5.74, 6) is 2.12. The SMILES string of the molecule is CCCC1CCN(c2ncc(Br)cc2CNC2CC2)CC1. The van der Waals surface area contributed by atoms with Gasteiger partial charge in [-0.1, -0.05) is 19.8 Å². The lowest BCUT2D eigenvalue weighted by atomic mass is 9.92. The maximum Gasteiger partial charge on any atom is 0.133 e. The number of aromatic nitrogens is 1. The fourth-order valence-electron chi connectivity index (χ4n) is 3.27. The third-order valence-corrected chi connectivity index (χ3v) is 5.11. The zero-order valence-electron chi connectivity index (χ0n) is 12.9. The van der Waals surface area contributed by atoms with Gasteiger partial charge in [-0.15, -0.1) is 0 Å². The number of anilines is 1. The van der Waals surface area contributed by atoms with E-state index in [4.69, 9.17) is 4.98 Å². The van der Waals surface area contributed by atoms with Crippen LogP contribution >= 0.6 is 15.9 Å². The largest absolute Gasteiger partial charge is 0.356 e. The molecule has 0 amide bonds. The summed E-state index contributed by atoms with van der Waals surface area (Å²) in [6.07, 6.45) is 9.95. The lowest BCUT2D eigenvalue weighted by Gasteiger charge is -2.34. The minimum absolute atomic E-state index is 0.743. The van der Waals surface area contributed by atoms with E-state index in [-0.39, 0.29) is 0 Å². The van der Waals surface area contributed by atoms with E-state index < -0.39 is 0 Å². The van der Waals surface area contributed by atoms with Crippen molar-refractivity contribution in [2.45, 2.75) is 58.0 Å². The first-order valence-electron chi connectivity index (χ1n) is 8.39. The summed E-state index contributed by atoms with van der Waals surface area (Å²) in [6, 6.07) is 2.97. The van der Waals surface area contributed by atoms with Crippen molar-refractivity contribution in [1.82, 2.24) is 10.3 Å². The summed E-state index contributed by atoms with van der Waals surface area (Å²) in [5, 5.41) is 3.62. The van der Waals surface area contributed by atoms with Gasteiger partial charge in [-0.2, -0.15) is 0 Å². The molecule has 1 N–H and O–H groups in total. The Balaban J connectivity index is 1.66. The van der Waals surface area contributed by atoms with E-state index in [0.717, 1.165) is 36.1 Å². The van der Waals surface area contributed by atoms with Crippen LogP contribution in [0.5, 0.6) is 0 Å². The maximum atomic E-state index is 4.71. The van der Waals surface area contributed by atoms with E-state index in [1.807, 2.05) is 6.20 Å². The zero-order chi connectivity index (χ0) is 14.7. The molecule has 0 bridgehead atoms. The van der Waals surface area contributed by atoms with Crippen LogP contribution in [0, 0.1) is 5.92 Å². The molecule has 0 atom stereocenters. The molecule has 0 spiro atoms. The second-order valence-electron chi connectivity index (χ2n) is 6.51. The van der Waals surface area contributed by atoms with Crippen molar-refractivity contribution in [2.75, 3.05) is 18.0 Å². The number of halogens is 1. The highest BCUT2D eigenvalue weighted by atomic mass is 79.9. The Kier molecular flexibility index (Phi) is 5.17. The number of nitrogens with one attached hydrogen (secondary N) is 1. The first-order valence-corrected chi connectivity index (χ1v) is 9.18. The van der Waals surface area contributed by atoms with Crippen molar-refractivity contribution in [1.29, 1.82) is 0 Å². The molecule has 1 aromatic heterocycles. The fraction of sp³-hybridized carbons (Fsp3) is 0.706. The second kappa shape index (κ2) is 7.10. The molecule has 0 aromatic carbocycles. The smallest absolute Gasteiger partial charge is 0.133 e. The van der Waals surface area contributed by atoms with Crippen LogP contribution < -0.4 is 10.2 Å². The van der Waals surface area contributed by atoms with Crippen molar-refractivity contribution in [3.8, 4) is 0 Å². The van der Waals surface area contributed by atoms with E-state index in [9.17, 15) is 0 Å². The first-order chi connectivity index (χ1) is 10.3. The van der Waals surface area contributed by atoms with Crippen LogP contribution in [0.2, 0.25) is 0 Å².